The minimum atomic E-state index is -0.665. The molecule has 5 atom stereocenters. The molecule has 2 saturated heterocycles. The van der Waals surface area contributed by atoms with Gasteiger partial charge in [0, 0.05) is 61.0 Å². The maximum Gasteiger partial charge on any atom is 0.243 e. The zero-order valence-electron chi connectivity index (χ0n) is 28.5. The fourth-order valence-corrected chi connectivity index (χ4v) is 7.72. The van der Waals surface area contributed by atoms with E-state index in [4.69, 9.17) is 14.5 Å². The molecule has 1 aliphatic carbocycles. The first kappa shape index (κ1) is 33.1. The molecule has 3 aromatic rings. The molecule has 258 valence electrons. The third kappa shape index (κ3) is 7.76. The van der Waals surface area contributed by atoms with Crippen LogP contribution in [-0.4, -0.2) is 77.4 Å². The molecule has 3 fully saturated rings. The van der Waals surface area contributed by atoms with Crippen molar-refractivity contribution in [1.82, 2.24) is 20.1 Å². The van der Waals surface area contributed by atoms with Crippen LogP contribution >= 0.6 is 0 Å². The van der Waals surface area contributed by atoms with E-state index in [1.165, 1.54) is 0 Å². The first-order valence-corrected chi connectivity index (χ1v) is 18.2. The maximum atomic E-state index is 14.5. The summed E-state index contributed by atoms with van der Waals surface area (Å²) >= 11 is 0. The normalized spacial score (nSPS) is 26.3. The van der Waals surface area contributed by atoms with Gasteiger partial charge in [0.15, 0.2) is 0 Å². The van der Waals surface area contributed by atoms with Crippen LogP contribution in [-0.2, 0) is 14.4 Å². The van der Waals surface area contributed by atoms with Crippen molar-refractivity contribution < 1.29 is 23.9 Å². The molecular formula is C40H48N4O5. The van der Waals surface area contributed by atoms with Crippen LogP contribution in [0.25, 0.3) is 22.2 Å². The molecule has 7 rings (SSSR count). The summed E-state index contributed by atoms with van der Waals surface area (Å²) in [7, 11) is 1.63. The van der Waals surface area contributed by atoms with Gasteiger partial charge in [-0.3, -0.25) is 14.4 Å². The van der Waals surface area contributed by atoms with Crippen molar-refractivity contribution in [3.05, 3.63) is 66.7 Å². The summed E-state index contributed by atoms with van der Waals surface area (Å²) in [5.74, 6) is 1.05. The van der Waals surface area contributed by atoms with Gasteiger partial charge in [0.1, 0.15) is 23.6 Å². The summed E-state index contributed by atoms with van der Waals surface area (Å²) in [5.41, 5.74) is 2.46. The highest BCUT2D eigenvalue weighted by molar-refractivity contribution is 5.92. The molecule has 1 aromatic heterocycles. The quantitative estimate of drug-likeness (QED) is 0.311. The fourth-order valence-electron chi connectivity index (χ4n) is 7.72. The first-order valence-electron chi connectivity index (χ1n) is 18.2. The summed E-state index contributed by atoms with van der Waals surface area (Å²) in [6, 6.07) is 17.1. The van der Waals surface area contributed by atoms with E-state index in [2.05, 4.69) is 17.5 Å². The minimum absolute atomic E-state index is 0.0554. The van der Waals surface area contributed by atoms with Crippen LogP contribution in [0.3, 0.4) is 0 Å². The van der Waals surface area contributed by atoms with Gasteiger partial charge in [0.25, 0.3) is 0 Å². The lowest BCUT2D eigenvalue weighted by Gasteiger charge is -2.31. The number of allylic oxidation sites excluding steroid dienone is 1. The number of methoxy groups -OCH3 is 1. The first-order chi connectivity index (χ1) is 24.0. The number of carbonyl (C=O) groups is 3. The van der Waals surface area contributed by atoms with Crippen LogP contribution in [0.1, 0.15) is 70.6 Å². The molecule has 49 heavy (non-hydrogen) atoms. The predicted molar refractivity (Wildman–Crippen MR) is 189 cm³/mol. The van der Waals surface area contributed by atoms with E-state index in [9.17, 15) is 14.4 Å². The molecule has 2 aromatic carbocycles. The van der Waals surface area contributed by atoms with E-state index >= 15 is 0 Å². The topological polar surface area (TPSA) is 101 Å². The van der Waals surface area contributed by atoms with Gasteiger partial charge < -0.3 is 24.6 Å². The monoisotopic (exact) mass is 664 g/mol. The number of nitrogens with zero attached hydrogens (tertiary/aromatic N) is 3. The molecule has 5 unspecified atom stereocenters. The highest BCUT2D eigenvalue weighted by atomic mass is 16.5. The fraction of sp³-hybridized carbons (Fsp3) is 0.500. The third-order valence-corrected chi connectivity index (χ3v) is 10.6. The zero-order valence-corrected chi connectivity index (χ0v) is 28.5. The van der Waals surface area contributed by atoms with Gasteiger partial charge in [0.2, 0.25) is 17.7 Å². The molecular weight excluding hydrogens is 616 g/mol. The number of carbonyl (C=O) groups excluding carboxylic acids is 3. The summed E-state index contributed by atoms with van der Waals surface area (Å²) in [4.78, 5) is 50.5. The van der Waals surface area contributed by atoms with Crippen LogP contribution in [0, 0.1) is 11.8 Å². The average Bonchev–Trinajstić information content (AvgIpc) is 3.73. The Morgan fingerprint density at radius 2 is 1.78 bits per heavy atom. The van der Waals surface area contributed by atoms with Gasteiger partial charge >= 0.3 is 0 Å². The number of hydrogen-bond donors (Lipinski definition) is 1. The van der Waals surface area contributed by atoms with Crippen molar-refractivity contribution in [1.29, 1.82) is 0 Å². The van der Waals surface area contributed by atoms with Gasteiger partial charge in [-0.25, -0.2) is 4.98 Å². The number of benzene rings is 2. The summed E-state index contributed by atoms with van der Waals surface area (Å²) < 4.78 is 12.3. The number of rotatable bonds is 6. The molecule has 3 aliphatic heterocycles. The smallest absolute Gasteiger partial charge is 0.243 e. The number of ether oxygens (including phenoxy) is 2. The number of fused-ring (bicyclic) bond motifs is 3. The third-order valence-electron chi connectivity index (χ3n) is 10.6. The maximum absolute atomic E-state index is 14.5. The number of likely N-dealkylation sites (tertiary alicyclic amines) is 1. The van der Waals surface area contributed by atoms with Crippen LogP contribution in [0.15, 0.2) is 66.7 Å². The van der Waals surface area contributed by atoms with E-state index < -0.39 is 18.1 Å². The second-order valence-electron chi connectivity index (χ2n) is 14.2. The molecule has 3 amide bonds. The Morgan fingerprint density at radius 3 is 2.59 bits per heavy atom. The summed E-state index contributed by atoms with van der Waals surface area (Å²) in [6.45, 7) is 1.80. The Hall–Kier alpha value is -4.40. The number of amides is 3. The molecule has 0 radical (unpaired) electrons. The van der Waals surface area contributed by atoms with E-state index in [1.54, 1.807) is 12.0 Å². The molecule has 4 heterocycles. The van der Waals surface area contributed by atoms with E-state index in [-0.39, 0.29) is 36.7 Å². The number of aromatic nitrogens is 1. The highest BCUT2D eigenvalue weighted by Crippen LogP contribution is 2.37. The SMILES string of the molecule is COc1ccc2c(OC3CC4C(=O)NC5CC5C=CCCCCCC(CC(=O)N5CCCCC5)C(=O)N4C3)cc(-c3ccccc3)nc2c1. The number of pyridine rings is 1. The van der Waals surface area contributed by atoms with E-state index in [0.29, 0.717) is 30.3 Å². The summed E-state index contributed by atoms with van der Waals surface area (Å²) in [5, 5.41) is 4.07. The van der Waals surface area contributed by atoms with Gasteiger partial charge in [-0.1, -0.05) is 55.3 Å². The lowest BCUT2D eigenvalue weighted by molar-refractivity contribution is -0.145. The molecule has 9 heteroatoms. The molecule has 1 N–H and O–H groups in total. The Kier molecular flexibility index (Phi) is 10.1. The Balaban J connectivity index is 1.18. The molecule has 1 saturated carbocycles. The van der Waals surface area contributed by atoms with Gasteiger partial charge in [0.05, 0.1) is 24.9 Å². The van der Waals surface area contributed by atoms with Crippen molar-refractivity contribution >= 4 is 28.6 Å². The zero-order chi connectivity index (χ0) is 33.7. The van der Waals surface area contributed by atoms with E-state index in [1.807, 2.05) is 59.5 Å². The van der Waals surface area contributed by atoms with Crippen LogP contribution in [0.5, 0.6) is 11.5 Å². The van der Waals surface area contributed by atoms with Crippen molar-refractivity contribution in [2.75, 3.05) is 26.7 Å². The number of hydrogen-bond acceptors (Lipinski definition) is 6. The lowest BCUT2D eigenvalue weighted by atomic mass is 9.94. The molecule has 0 spiro atoms. The van der Waals surface area contributed by atoms with E-state index in [0.717, 1.165) is 86.6 Å². The molecule has 4 aliphatic rings. The Bertz CT molecular complexity index is 1690. The standard InChI is InChI=1S/C40H48N4O5/c1-48-30-17-18-32-35(23-30)41-34(27-13-9-5-10-14-27)25-37(32)49-31-24-36-39(46)42-33-21-28(33)15-7-3-2-4-8-16-29(40(47)44(36)26-31)22-38(45)43-19-11-6-12-20-43/h5,7,9-10,13-15,17-18,23,25,28-29,31,33,36H,2-4,6,8,11-12,16,19-22,24,26H2,1H3,(H,42,46). The number of piperidine rings is 1. The molecule has 9 nitrogen and oxygen atoms in total. The van der Waals surface area contributed by atoms with Crippen LogP contribution in [0.2, 0.25) is 0 Å². The Labute approximate surface area is 289 Å². The second kappa shape index (κ2) is 15.0. The van der Waals surface area contributed by atoms with Crippen LogP contribution in [0.4, 0.5) is 0 Å². The molecule has 0 bridgehead atoms. The van der Waals surface area contributed by atoms with Gasteiger partial charge in [-0.2, -0.15) is 0 Å². The van der Waals surface area contributed by atoms with Crippen molar-refractivity contribution in [3.8, 4) is 22.8 Å². The van der Waals surface area contributed by atoms with Gasteiger partial charge in [-0.15, -0.1) is 0 Å². The number of nitrogens with one attached hydrogen (secondary N) is 1. The van der Waals surface area contributed by atoms with Crippen LogP contribution < -0.4 is 14.8 Å². The predicted octanol–water partition coefficient (Wildman–Crippen LogP) is 6.30. The second-order valence-corrected chi connectivity index (χ2v) is 14.2. The van der Waals surface area contributed by atoms with Crippen molar-refractivity contribution in [2.45, 2.75) is 88.8 Å². The van der Waals surface area contributed by atoms with Crippen molar-refractivity contribution in [2.24, 2.45) is 11.8 Å². The minimum Gasteiger partial charge on any atom is -0.497 e. The van der Waals surface area contributed by atoms with Gasteiger partial charge in [-0.05, 0) is 63.0 Å². The lowest BCUT2D eigenvalue weighted by Crippen LogP contribution is -2.49. The summed E-state index contributed by atoms with van der Waals surface area (Å²) in [6.07, 6.45) is 13.3. The van der Waals surface area contributed by atoms with Crippen molar-refractivity contribution in [3.63, 3.8) is 0 Å². The highest BCUT2D eigenvalue weighted by Gasteiger charge is 2.46. The average molecular weight is 665 g/mol. The Morgan fingerprint density at radius 1 is 0.959 bits per heavy atom. The largest absolute Gasteiger partial charge is 0.497 e.